The highest BCUT2D eigenvalue weighted by molar-refractivity contribution is 5.87. The maximum Gasteiger partial charge on any atom is 0.343 e. The summed E-state index contributed by atoms with van der Waals surface area (Å²) in [5.74, 6) is 0.0189. The number of rotatable bonds is 5. The standard InChI is InChI=1S/C21H21NO4/c1-13(23)9-14-5-4-6-15(10-14)11-18-20(24)17-8-7-16(22(2)3)12-19(17)26-21(18)25/h4-8,10,12,24H,9,11H2,1-3H3. The molecule has 0 spiro atoms. The smallest absolute Gasteiger partial charge is 0.343 e. The number of fused-ring (bicyclic) bond motifs is 1. The van der Waals surface area contributed by atoms with Gasteiger partial charge in [0.25, 0.3) is 0 Å². The number of hydrogen-bond acceptors (Lipinski definition) is 5. The summed E-state index contributed by atoms with van der Waals surface area (Å²) < 4.78 is 5.44. The molecular formula is C21H21NO4. The molecule has 3 aromatic rings. The van der Waals surface area contributed by atoms with Gasteiger partial charge in [-0.3, -0.25) is 4.79 Å². The summed E-state index contributed by atoms with van der Waals surface area (Å²) in [6, 6.07) is 12.8. The monoisotopic (exact) mass is 351 g/mol. The molecule has 134 valence electrons. The van der Waals surface area contributed by atoms with Crippen LogP contribution in [0.4, 0.5) is 5.69 Å². The molecule has 26 heavy (non-hydrogen) atoms. The van der Waals surface area contributed by atoms with Gasteiger partial charge in [0.15, 0.2) is 0 Å². The van der Waals surface area contributed by atoms with E-state index in [0.717, 1.165) is 16.8 Å². The van der Waals surface area contributed by atoms with Crippen molar-refractivity contribution in [1.29, 1.82) is 0 Å². The summed E-state index contributed by atoms with van der Waals surface area (Å²) in [4.78, 5) is 25.6. The second-order valence-corrected chi connectivity index (χ2v) is 6.67. The van der Waals surface area contributed by atoms with Gasteiger partial charge < -0.3 is 14.4 Å². The molecule has 0 bridgehead atoms. The van der Waals surface area contributed by atoms with Crippen molar-refractivity contribution in [3.8, 4) is 5.75 Å². The number of anilines is 1. The largest absolute Gasteiger partial charge is 0.507 e. The fourth-order valence-electron chi connectivity index (χ4n) is 2.99. The van der Waals surface area contributed by atoms with Gasteiger partial charge in [0, 0.05) is 38.7 Å². The summed E-state index contributed by atoms with van der Waals surface area (Å²) in [6.07, 6.45) is 0.588. The second-order valence-electron chi connectivity index (χ2n) is 6.67. The van der Waals surface area contributed by atoms with Crippen molar-refractivity contribution < 1.29 is 14.3 Å². The lowest BCUT2D eigenvalue weighted by Gasteiger charge is -2.13. The number of carbonyl (C=O) groups is 1. The number of benzene rings is 2. The van der Waals surface area contributed by atoms with E-state index in [2.05, 4.69) is 0 Å². The SMILES string of the molecule is CC(=O)Cc1cccc(Cc2c(O)c3ccc(N(C)C)cc3oc2=O)c1. The van der Waals surface area contributed by atoms with E-state index in [1.165, 1.54) is 0 Å². The van der Waals surface area contributed by atoms with Crippen LogP contribution in [0.1, 0.15) is 23.6 Å². The van der Waals surface area contributed by atoms with Crippen LogP contribution in [0, 0.1) is 0 Å². The Labute approximate surface area is 151 Å². The van der Waals surface area contributed by atoms with Gasteiger partial charge in [0.1, 0.15) is 17.1 Å². The van der Waals surface area contributed by atoms with Gasteiger partial charge in [-0.15, -0.1) is 0 Å². The number of hydrogen-bond donors (Lipinski definition) is 1. The lowest BCUT2D eigenvalue weighted by molar-refractivity contribution is -0.116. The average Bonchev–Trinajstić information content (AvgIpc) is 2.57. The maximum absolute atomic E-state index is 12.4. The Bertz CT molecular complexity index is 1030. The minimum Gasteiger partial charge on any atom is -0.507 e. The minimum absolute atomic E-state index is 0.0569. The molecule has 0 aliphatic carbocycles. The first-order valence-corrected chi connectivity index (χ1v) is 8.38. The van der Waals surface area contributed by atoms with Crippen LogP contribution in [-0.2, 0) is 17.6 Å². The van der Waals surface area contributed by atoms with Crippen molar-refractivity contribution in [1.82, 2.24) is 0 Å². The van der Waals surface area contributed by atoms with Gasteiger partial charge in [-0.05, 0) is 30.2 Å². The first kappa shape index (κ1) is 17.7. The first-order chi connectivity index (χ1) is 12.3. The van der Waals surface area contributed by atoms with Gasteiger partial charge >= 0.3 is 5.63 Å². The summed E-state index contributed by atoms with van der Waals surface area (Å²) >= 11 is 0. The van der Waals surface area contributed by atoms with Crippen molar-refractivity contribution >= 4 is 22.4 Å². The summed E-state index contributed by atoms with van der Waals surface area (Å²) in [5.41, 5.74) is 2.63. The molecule has 0 aliphatic heterocycles. The fourth-order valence-corrected chi connectivity index (χ4v) is 2.99. The summed E-state index contributed by atoms with van der Waals surface area (Å²) in [7, 11) is 3.78. The van der Waals surface area contributed by atoms with E-state index in [0.29, 0.717) is 17.4 Å². The van der Waals surface area contributed by atoms with Gasteiger partial charge in [0.05, 0.1) is 10.9 Å². The van der Waals surface area contributed by atoms with E-state index < -0.39 is 5.63 Å². The van der Waals surface area contributed by atoms with Gasteiger partial charge in [-0.1, -0.05) is 24.3 Å². The molecule has 5 nitrogen and oxygen atoms in total. The van der Waals surface area contributed by atoms with Crippen LogP contribution in [0.3, 0.4) is 0 Å². The van der Waals surface area contributed by atoms with Crippen molar-refractivity contribution in [2.24, 2.45) is 0 Å². The van der Waals surface area contributed by atoms with E-state index >= 15 is 0 Å². The molecular weight excluding hydrogens is 330 g/mol. The number of ketones is 1. The lowest BCUT2D eigenvalue weighted by atomic mass is 10.0. The Kier molecular flexibility index (Phi) is 4.80. The van der Waals surface area contributed by atoms with Crippen molar-refractivity contribution in [2.45, 2.75) is 19.8 Å². The fraction of sp³-hybridized carbons (Fsp3) is 0.238. The summed E-state index contributed by atoms with van der Waals surface area (Å²) in [5, 5.41) is 11.1. The molecule has 0 saturated carbocycles. The lowest BCUT2D eigenvalue weighted by Crippen LogP contribution is -2.10. The Hall–Kier alpha value is -3.08. The molecule has 0 amide bonds. The predicted molar refractivity (Wildman–Crippen MR) is 102 cm³/mol. The van der Waals surface area contributed by atoms with Crippen LogP contribution < -0.4 is 10.5 Å². The van der Waals surface area contributed by atoms with Crippen LogP contribution in [0.2, 0.25) is 0 Å². The summed E-state index contributed by atoms with van der Waals surface area (Å²) in [6.45, 7) is 1.54. The topological polar surface area (TPSA) is 70.8 Å². The quantitative estimate of drug-likeness (QED) is 0.714. The Morgan fingerprint density at radius 3 is 2.54 bits per heavy atom. The molecule has 0 unspecified atom stereocenters. The van der Waals surface area contributed by atoms with Crippen molar-refractivity contribution in [3.05, 3.63) is 69.6 Å². The zero-order valence-electron chi connectivity index (χ0n) is 15.1. The third-order valence-electron chi connectivity index (χ3n) is 4.30. The first-order valence-electron chi connectivity index (χ1n) is 8.38. The Balaban J connectivity index is 2.02. The highest BCUT2D eigenvalue weighted by Gasteiger charge is 2.15. The zero-order chi connectivity index (χ0) is 18.8. The van der Waals surface area contributed by atoms with Crippen LogP contribution in [0.5, 0.6) is 5.75 Å². The molecule has 2 aromatic carbocycles. The molecule has 0 fully saturated rings. The number of Topliss-reactive ketones (excluding diaryl/α,β-unsaturated/α-hetero) is 1. The molecule has 0 radical (unpaired) electrons. The minimum atomic E-state index is -0.553. The van der Waals surface area contributed by atoms with Crippen LogP contribution >= 0.6 is 0 Å². The van der Waals surface area contributed by atoms with E-state index in [4.69, 9.17) is 4.42 Å². The number of carbonyl (C=O) groups excluding carboxylic acids is 1. The van der Waals surface area contributed by atoms with Gasteiger partial charge in [-0.2, -0.15) is 0 Å². The molecule has 1 heterocycles. The second kappa shape index (κ2) is 7.04. The van der Waals surface area contributed by atoms with Crippen LogP contribution in [0.15, 0.2) is 51.7 Å². The van der Waals surface area contributed by atoms with Crippen molar-refractivity contribution in [2.75, 3.05) is 19.0 Å². The van der Waals surface area contributed by atoms with Crippen LogP contribution in [-0.4, -0.2) is 25.0 Å². The van der Waals surface area contributed by atoms with E-state index in [9.17, 15) is 14.7 Å². The molecule has 1 aromatic heterocycles. The van der Waals surface area contributed by atoms with E-state index in [-0.39, 0.29) is 23.5 Å². The third kappa shape index (κ3) is 3.61. The van der Waals surface area contributed by atoms with E-state index in [1.54, 1.807) is 19.1 Å². The van der Waals surface area contributed by atoms with Gasteiger partial charge in [0.2, 0.25) is 0 Å². The number of aromatic hydroxyl groups is 1. The van der Waals surface area contributed by atoms with Gasteiger partial charge in [-0.25, -0.2) is 4.79 Å². The zero-order valence-corrected chi connectivity index (χ0v) is 15.1. The highest BCUT2D eigenvalue weighted by atomic mass is 16.4. The normalized spacial score (nSPS) is 10.9. The van der Waals surface area contributed by atoms with Crippen LogP contribution in [0.25, 0.3) is 11.0 Å². The van der Waals surface area contributed by atoms with Crippen molar-refractivity contribution in [3.63, 3.8) is 0 Å². The molecule has 0 atom stereocenters. The van der Waals surface area contributed by atoms with E-state index in [1.807, 2.05) is 49.3 Å². The molecule has 0 aliphatic rings. The molecule has 3 rings (SSSR count). The Morgan fingerprint density at radius 1 is 1.12 bits per heavy atom. The highest BCUT2D eigenvalue weighted by Crippen LogP contribution is 2.30. The Morgan fingerprint density at radius 2 is 1.85 bits per heavy atom. The maximum atomic E-state index is 12.4. The average molecular weight is 351 g/mol. The number of nitrogens with zero attached hydrogens (tertiary/aromatic N) is 1. The third-order valence-corrected chi connectivity index (χ3v) is 4.30. The predicted octanol–water partition coefficient (Wildman–Crippen LogP) is 3.29. The molecule has 5 heteroatoms. The molecule has 0 saturated heterocycles. The molecule has 1 N–H and O–H groups in total.